The lowest BCUT2D eigenvalue weighted by molar-refractivity contribution is -0.122. The molecular weight excluding hydrogens is 274 g/mol. The zero-order chi connectivity index (χ0) is 14.5. The molecule has 1 unspecified atom stereocenters. The van der Waals surface area contributed by atoms with Gasteiger partial charge in [0.2, 0.25) is 5.91 Å². The largest absolute Gasteiger partial charge is 0.371 e. The molecule has 5 heteroatoms. The van der Waals surface area contributed by atoms with Gasteiger partial charge in [-0.3, -0.25) is 4.79 Å². The van der Waals surface area contributed by atoms with Crippen LogP contribution in [0.1, 0.15) is 25.3 Å². The number of nitrogens with two attached hydrogens (primary N) is 1. The standard InChI is InChI=1S/C15H22ClN3O/c1-2-18-9-11-5-6-13(8-14(11)16)19-7-3-4-12(10-19)15(17)20/h5-6,8,12,18H,2-4,7,9-10H2,1H3,(H2,17,20). The quantitative estimate of drug-likeness (QED) is 0.875. The summed E-state index contributed by atoms with van der Waals surface area (Å²) in [5, 5.41) is 4.04. The van der Waals surface area contributed by atoms with Crippen LogP contribution in [0, 0.1) is 5.92 Å². The van der Waals surface area contributed by atoms with Gasteiger partial charge in [0.05, 0.1) is 5.92 Å². The van der Waals surface area contributed by atoms with Crippen molar-refractivity contribution >= 4 is 23.2 Å². The molecule has 4 nitrogen and oxygen atoms in total. The maximum absolute atomic E-state index is 11.3. The van der Waals surface area contributed by atoms with Crippen LogP contribution in [0.4, 0.5) is 5.69 Å². The Labute approximate surface area is 125 Å². The number of piperidine rings is 1. The average Bonchev–Trinajstić information content (AvgIpc) is 2.46. The number of anilines is 1. The van der Waals surface area contributed by atoms with Crippen molar-refractivity contribution in [3.05, 3.63) is 28.8 Å². The van der Waals surface area contributed by atoms with E-state index in [4.69, 9.17) is 17.3 Å². The molecule has 0 saturated carbocycles. The minimum atomic E-state index is -0.204. The van der Waals surface area contributed by atoms with Crippen LogP contribution < -0.4 is 16.0 Å². The summed E-state index contributed by atoms with van der Waals surface area (Å²) >= 11 is 6.32. The number of benzene rings is 1. The predicted octanol–water partition coefficient (Wildman–Crippen LogP) is 2.15. The summed E-state index contributed by atoms with van der Waals surface area (Å²) in [6.45, 7) is 5.41. The van der Waals surface area contributed by atoms with Gasteiger partial charge in [-0.25, -0.2) is 0 Å². The molecule has 0 spiro atoms. The smallest absolute Gasteiger partial charge is 0.222 e. The lowest BCUT2D eigenvalue weighted by Crippen LogP contribution is -2.41. The summed E-state index contributed by atoms with van der Waals surface area (Å²) in [5.41, 5.74) is 7.58. The van der Waals surface area contributed by atoms with Crippen molar-refractivity contribution in [2.75, 3.05) is 24.5 Å². The molecule has 1 saturated heterocycles. The Balaban J connectivity index is 2.08. The zero-order valence-electron chi connectivity index (χ0n) is 11.9. The molecule has 1 aromatic rings. The Bertz CT molecular complexity index is 478. The molecule has 110 valence electrons. The van der Waals surface area contributed by atoms with Gasteiger partial charge in [-0.2, -0.15) is 0 Å². The van der Waals surface area contributed by atoms with Gasteiger partial charge in [0.1, 0.15) is 0 Å². The third-order valence-corrected chi connectivity index (χ3v) is 4.14. The Hall–Kier alpha value is -1.26. The van der Waals surface area contributed by atoms with Crippen molar-refractivity contribution in [2.45, 2.75) is 26.3 Å². The summed E-state index contributed by atoms with van der Waals surface area (Å²) in [7, 11) is 0. The number of hydrogen-bond acceptors (Lipinski definition) is 3. The molecule has 20 heavy (non-hydrogen) atoms. The number of nitrogens with one attached hydrogen (secondary N) is 1. The Kier molecular flexibility index (Phi) is 5.26. The number of halogens is 1. The average molecular weight is 296 g/mol. The van der Waals surface area contributed by atoms with Crippen molar-refractivity contribution in [1.82, 2.24) is 5.32 Å². The van der Waals surface area contributed by atoms with E-state index in [1.807, 2.05) is 12.1 Å². The van der Waals surface area contributed by atoms with Crippen LogP contribution >= 0.6 is 11.6 Å². The number of carbonyl (C=O) groups excluding carboxylic acids is 1. The van der Waals surface area contributed by atoms with E-state index in [0.29, 0.717) is 6.54 Å². The van der Waals surface area contributed by atoms with Gasteiger partial charge in [0.15, 0.2) is 0 Å². The van der Waals surface area contributed by atoms with Gasteiger partial charge in [-0.1, -0.05) is 24.6 Å². The summed E-state index contributed by atoms with van der Waals surface area (Å²) in [6.07, 6.45) is 1.88. The fraction of sp³-hybridized carbons (Fsp3) is 0.533. The molecular formula is C15H22ClN3O. The molecule has 1 fully saturated rings. The highest BCUT2D eigenvalue weighted by molar-refractivity contribution is 6.31. The lowest BCUT2D eigenvalue weighted by Gasteiger charge is -2.33. The van der Waals surface area contributed by atoms with Crippen molar-refractivity contribution < 1.29 is 4.79 Å². The van der Waals surface area contributed by atoms with Crippen molar-refractivity contribution in [1.29, 1.82) is 0 Å². The zero-order valence-corrected chi connectivity index (χ0v) is 12.6. The monoisotopic (exact) mass is 295 g/mol. The SMILES string of the molecule is CCNCc1ccc(N2CCCC(C(N)=O)C2)cc1Cl. The van der Waals surface area contributed by atoms with Crippen LogP contribution in [-0.2, 0) is 11.3 Å². The van der Waals surface area contributed by atoms with Crippen LogP contribution in [0.2, 0.25) is 5.02 Å². The number of amides is 1. The number of hydrogen-bond donors (Lipinski definition) is 2. The minimum absolute atomic E-state index is 0.0519. The van der Waals surface area contributed by atoms with Gasteiger partial charge >= 0.3 is 0 Å². The molecule has 1 heterocycles. The van der Waals surface area contributed by atoms with Gasteiger partial charge in [-0.15, -0.1) is 0 Å². The Morgan fingerprint density at radius 2 is 2.35 bits per heavy atom. The number of carbonyl (C=O) groups is 1. The minimum Gasteiger partial charge on any atom is -0.371 e. The molecule has 1 aromatic carbocycles. The maximum atomic E-state index is 11.3. The second kappa shape index (κ2) is 6.95. The predicted molar refractivity (Wildman–Crippen MR) is 83.0 cm³/mol. The van der Waals surface area contributed by atoms with Crippen LogP contribution in [0.25, 0.3) is 0 Å². The molecule has 0 aliphatic carbocycles. The topological polar surface area (TPSA) is 58.4 Å². The first-order chi connectivity index (χ1) is 9.61. The van der Waals surface area contributed by atoms with E-state index in [9.17, 15) is 4.79 Å². The molecule has 2 rings (SSSR count). The first-order valence-electron chi connectivity index (χ1n) is 7.15. The number of rotatable bonds is 5. The second-order valence-electron chi connectivity index (χ2n) is 5.24. The summed E-state index contributed by atoms with van der Waals surface area (Å²) in [4.78, 5) is 13.5. The van der Waals surface area contributed by atoms with Crippen LogP contribution in [-0.4, -0.2) is 25.5 Å². The Morgan fingerprint density at radius 1 is 1.55 bits per heavy atom. The van der Waals surface area contributed by atoms with Gasteiger partial charge in [-0.05, 0) is 37.1 Å². The molecule has 1 amide bonds. The molecule has 1 aliphatic rings. The van der Waals surface area contributed by atoms with Gasteiger partial charge in [0.25, 0.3) is 0 Å². The summed E-state index contributed by atoms with van der Waals surface area (Å²) in [6, 6.07) is 6.10. The molecule has 1 aliphatic heterocycles. The van der Waals surface area contributed by atoms with E-state index in [-0.39, 0.29) is 11.8 Å². The highest BCUT2D eigenvalue weighted by Crippen LogP contribution is 2.27. The fourth-order valence-corrected chi connectivity index (χ4v) is 2.82. The van der Waals surface area contributed by atoms with E-state index in [1.54, 1.807) is 0 Å². The van der Waals surface area contributed by atoms with E-state index >= 15 is 0 Å². The molecule has 0 aromatic heterocycles. The van der Waals surface area contributed by atoms with Gasteiger partial charge in [0, 0.05) is 30.3 Å². The van der Waals surface area contributed by atoms with Crippen molar-refractivity contribution in [2.24, 2.45) is 11.7 Å². The fourth-order valence-electron chi connectivity index (χ4n) is 2.58. The first kappa shape index (κ1) is 15.1. The summed E-state index contributed by atoms with van der Waals surface area (Å²) < 4.78 is 0. The van der Waals surface area contributed by atoms with E-state index < -0.39 is 0 Å². The molecule has 1 atom stereocenters. The number of primary amides is 1. The van der Waals surface area contributed by atoms with Crippen LogP contribution in [0.5, 0.6) is 0 Å². The summed E-state index contributed by atoms with van der Waals surface area (Å²) in [5.74, 6) is -0.256. The van der Waals surface area contributed by atoms with Crippen LogP contribution in [0.15, 0.2) is 18.2 Å². The number of nitrogens with zero attached hydrogens (tertiary/aromatic N) is 1. The first-order valence-corrected chi connectivity index (χ1v) is 7.53. The molecule has 0 radical (unpaired) electrons. The van der Waals surface area contributed by atoms with E-state index in [0.717, 1.165) is 48.7 Å². The van der Waals surface area contributed by atoms with Crippen molar-refractivity contribution in [3.8, 4) is 0 Å². The van der Waals surface area contributed by atoms with Crippen molar-refractivity contribution in [3.63, 3.8) is 0 Å². The lowest BCUT2D eigenvalue weighted by atomic mass is 9.97. The maximum Gasteiger partial charge on any atom is 0.222 e. The third-order valence-electron chi connectivity index (χ3n) is 3.79. The Morgan fingerprint density at radius 3 is 3.00 bits per heavy atom. The highest BCUT2D eigenvalue weighted by atomic mass is 35.5. The molecule has 0 bridgehead atoms. The third kappa shape index (κ3) is 3.64. The highest BCUT2D eigenvalue weighted by Gasteiger charge is 2.24. The normalized spacial score (nSPS) is 19.1. The second-order valence-corrected chi connectivity index (χ2v) is 5.65. The van der Waals surface area contributed by atoms with E-state index in [2.05, 4.69) is 23.2 Å². The van der Waals surface area contributed by atoms with Gasteiger partial charge < -0.3 is 16.0 Å². The van der Waals surface area contributed by atoms with E-state index in [1.165, 1.54) is 0 Å². The van der Waals surface area contributed by atoms with Crippen LogP contribution in [0.3, 0.4) is 0 Å². The molecule has 3 N–H and O–H groups in total.